The van der Waals surface area contributed by atoms with Crippen LogP contribution in [0.4, 0.5) is 4.39 Å². The fourth-order valence-electron chi connectivity index (χ4n) is 3.57. The van der Waals surface area contributed by atoms with E-state index in [4.69, 9.17) is 9.84 Å². The molecule has 3 aromatic rings. The first-order valence-corrected chi connectivity index (χ1v) is 9.29. The molecule has 1 saturated heterocycles. The van der Waals surface area contributed by atoms with Crippen LogP contribution in [0.1, 0.15) is 17.5 Å². The van der Waals surface area contributed by atoms with E-state index in [-0.39, 0.29) is 5.82 Å². The fourth-order valence-corrected chi connectivity index (χ4v) is 3.57. The van der Waals surface area contributed by atoms with Crippen LogP contribution in [0.2, 0.25) is 0 Å². The van der Waals surface area contributed by atoms with Gasteiger partial charge in [-0.25, -0.2) is 9.07 Å². The highest BCUT2D eigenvalue weighted by Crippen LogP contribution is 2.26. The van der Waals surface area contributed by atoms with Crippen molar-refractivity contribution in [2.75, 3.05) is 20.3 Å². The summed E-state index contributed by atoms with van der Waals surface area (Å²) in [5.41, 5.74) is 4.88. The Morgan fingerprint density at radius 2 is 2.07 bits per heavy atom. The zero-order valence-corrected chi connectivity index (χ0v) is 15.7. The van der Waals surface area contributed by atoms with Crippen LogP contribution >= 0.6 is 0 Å². The number of aromatic nitrogens is 2. The lowest BCUT2D eigenvalue weighted by molar-refractivity contribution is 0.156. The molecule has 5 heteroatoms. The van der Waals surface area contributed by atoms with Crippen LogP contribution in [0.25, 0.3) is 16.9 Å². The standard InChI is InChI=1S/C22H24FN3O/c1-16-5-3-8-20(11-16)26-14-18(13-25(2)21-9-10-27-15-21)22(24-26)17-6-4-7-19(23)12-17/h3-8,11-12,14,21H,9-10,13,15H2,1-2H3/t21-/m1/s1. The molecule has 27 heavy (non-hydrogen) atoms. The molecular formula is C22H24FN3O. The molecule has 0 saturated carbocycles. The normalized spacial score (nSPS) is 17.0. The van der Waals surface area contributed by atoms with E-state index < -0.39 is 0 Å². The molecule has 1 aliphatic rings. The SMILES string of the molecule is Cc1cccc(-n2cc(CN(C)[C@@H]3CCOC3)c(-c3cccc(F)c3)n2)c1. The maximum absolute atomic E-state index is 13.8. The van der Waals surface area contributed by atoms with E-state index in [0.29, 0.717) is 6.04 Å². The molecule has 1 atom stereocenters. The maximum atomic E-state index is 13.8. The van der Waals surface area contributed by atoms with Crippen molar-refractivity contribution in [1.82, 2.24) is 14.7 Å². The predicted molar refractivity (Wildman–Crippen MR) is 104 cm³/mol. The number of nitrogens with zero attached hydrogens (tertiary/aromatic N) is 3. The Morgan fingerprint density at radius 1 is 1.22 bits per heavy atom. The molecule has 4 nitrogen and oxygen atoms in total. The van der Waals surface area contributed by atoms with Crippen molar-refractivity contribution in [2.45, 2.75) is 25.9 Å². The number of hydrogen-bond acceptors (Lipinski definition) is 3. The lowest BCUT2D eigenvalue weighted by Gasteiger charge is -2.22. The van der Waals surface area contributed by atoms with Gasteiger partial charge in [0.05, 0.1) is 18.0 Å². The van der Waals surface area contributed by atoms with E-state index in [0.717, 1.165) is 48.7 Å². The maximum Gasteiger partial charge on any atom is 0.123 e. The third-order valence-electron chi connectivity index (χ3n) is 5.10. The summed E-state index contributed by atoms with van der Waals surface area (Å²) < 4.78 is 21.2. The fraction of sp³-hybridized carbons (Fsp3) is 0.318. The van der Waals surface area contributed by atoms with Crippen LogP contribution in [-0.4, -0.2) is 41.0 Å². The van der Waals surface area contributed by atoms with Crippen molar-refractivity contribution in [2.24, 2.45) is 0 Å². The van der Waals surface area contributed by atoms with Gasteiger partial charge in [-0.2, -0.15) is 5.10 Å². The number of ether oxygens (including phenoxy) is 1. The van der Waals surface area contributed by atoms with E-state index in [1.165, 1.54) is 11.6 Å². The minimum Gasteiger partial charge on any atom is -0.380 e. The van der Waals surface area contributed by atoms with E-state index in [1.807, 2.05) is 22.9 Å². The number of likely N-dealkylation sites (N-methyl/N-ethyl adjacent to an activating group) is 1. The summed E-state index contributed by atoms with van der Waals surface area (Å²) in [7, 11) is 2.11. The molecule has 0 bridgehead atoms. The second kappa shape index (κ2) is 7.62. The van der Waals surface area contributed by atoms with Crippen molar-refractivity contribution in [3.63, 3.8) is 0 Å². The third-order valence-corrected chi connectivity index (χ3v) is 5.10. The zero-order valence-electron chi connectivity index (χ0n) is 15.7. The molecule has 0 radical (unpaired) electrons. The Balaban J connectivity index is 1.73. The van der Waals surface area contributed by atoms with Gasteiger partial charge in [0.15, 0.2) is 0 Å². The smallest absolute Gasteiger partial charge is 0.123 e. The van der Waals surface area contributed by atoms with E-state index in [2.05, 4.69) is 37.2 Å². The van der Waals surface area contributed by atoms with E-state index in [9.17, 15) is 4.39 Å². The second-order valence-corrected chi connectivity index (χ2v) is 7.23. The number of hydrogen-bond donors (Lipinski definition) is 0. The van der Waals surface area contributed by atoms with Gasteiger partial charge in [-0.1, -0.05) is 24.3 Å². The minimum absolute atomic E-state index is 0.249. The first-order valence-electron chi connectivity index (χ1n) is 9.29. The van der Waals surface area contributed by atoms with Gasteiger partial charge in [-0.3, -0.25) is 4.90 Å². The molecule has 0 aliphatic carbocycles. The summed E-state index contributed by atoms with van der Waals surface area (Å²) >= 11 is 0. The van der Waals surface area contributed by atoms with Gasteiger partial charge < -0.3 is 4.74 Å². The largest absolute Gasteiger partial charge is 0.380 e. The number of aryl methyl sites for hydroxylation is 1. The van der Waals surface area contributed by atoms with Gasteiger partial charge in [-0.05, 0) is 50.2 Å². The quantitative estimate of drug-likeness (QED) is 0.679. The Hall–Kier alpha value is -2.50. The van der Waals surface area contributed by atoms with Gasteiger partial charge in [0, 0.05) is 36.5 Å². The van der Waals surface area contributed by atoms with Crippen molar-refractivity contribution < 1.29 is 9.13 Å². The zero-order chi connectivity index (χ0) is 18.8. The van der Waals surface area contributed by atoms with Crippen LogP contribution < -0.4 is 0 Å². The first-order chi connectivity index (χ1) is 13.1. The molecule has 140 valence electrons. The van der Waals surface area contributed by atoms with E-state index >= 15 is 0 Å². The van der Waals surface area contributed by atoms with Crippen LogP contribution in [0.15, 0.2) is 54.7 Å². The van der Waals surface area contributed by atoms with Gasteiger partial charge >= 0.3 is 0 Å². The molecule has 1 fully saturated rings. The lowest BCUT2D eigenvalue weighted by Crippen LogP contribution is -2.31. The first kappa shape index (κ1) is 17.9. The van der Waals surface area contributed by atoms with Gasteiger partial charge in [0.2, 0.25) is 0 Å². The third kappa shape index (κ3) is 3.94. The average Bonchev–Trinajstić information content (AvgIpc) is 3.32. The monoisotopic (exact) mass is 365 g/mol. The molecule has 0 unspecified atom stereocenters. The van der Waals surface area contributed by atoms with Gasteiger partial charge in [0.25, 0.3) is 0 Å². The molecule has 0 amide bonds. The highest BCUT2D eigenvalue weighted by molar-refractivity contribution is 5.63. The highest BCUT2D eigenvalue weighted by Gasteiger charge is 2.22. The van der Waals surface area contributed by atoms with Crippen LogP contribution in [0, 0.1) is 12.7 Å². The van der Waals surface area contributed by atoms with Crippen molar-refractivity contribution in [3.05, 3.63) is 71.7 Å². The van der Waals surface area contributed by atoms with Gasteiger partial charge in [0.1, 0.15) is 5.82 Å². The molecule has 0 N–H and O–H groups in total. The van der Waals surface area contributed by atoms with Crippen LogP contribution in [0.3, 0.4) is 0 Å². The van der Waals surface area contributed by atoms with Gasteiger partial charge in [-0.15, -0.1) is 0 Å². The van der Waals surface area contributed by atoms with Crippen molar-refractivity contribution in [1.29, 1.82) is 0 Å². The Labute approximate surface area is 159 Å². The Morgan fingerprint density at radius 3 is 2.81 bits per heavy atom. The summed E-state index contributed by atoms with van der Waals surface area (Å²) in [6, 6.07) is 15.3. The Bertz CT molecular complexity index is 931. The highest BCUT2D eigenvalue weighted by atomic mass is 19.1. The van der Waals surface area contributed by atoms with Crippen molar-refractivity contribution in [3.8, 4) is 16.9 Å². The van der Waals surface area contributed by atoms with Crippen LogP contribution in [-0.2, 0) is 11.3 Å². The molecular weight excluding hydrogens is 341 g/mol. The summed E-state index contributed by atoms with van der Waals surface area (Å²) in [5, 5.41) is 4.80. The molecule has 1 aromatic heterocycles. The minimum atomic E-state index is -0.249. The summed E-state index contributed by atoms with van der Waals surface area (Å²) in [6.45, 7) is 4.38. The second-order valence-electron chi connectivity index (χ2n) is 7.23. The molecule has 0 spiro atoms. The summed E-state index contributed by atoms with van der Waals surface area (Å²) in [6.07, 6.45) is 3.10. The molecule has 1 aliphatic heterocycles. The predicted octanol–water partition coefficient (Wildman–Crippen LogP) is 4.21. The molecule has 2 aromatic carbocycles. The molecule has 2 heterocycles. The Kier molecular flexibility index (Phi) is 5.05. The lowest BCUT2D eigenvalue weighted by atomic mass is 10.1. The summed E-state index contributed by atoms with van der Waals surface area (Å²) in [4.78, 5) is 2.30. The van der Waals surface area contributed by atoms with E-state index in [1.54, 1.807) is 12.1 Å². The molecule has 4 rings (SSSR count). The topological polar surface area (TPSA) is 30.3 Å². The van der Waals surface area contributed by atoms with Crippen LogP contribution in [0.5, 0.6) is 0 Å². The number of rotatable bonds is 5. The average molecular weight is 365 g/mol. The van der Waals surface area contributed by atoms with Crippen molar-refractivity contribution >= 4 is 0 Å². The summed E-state index contributed by atoms with van der Waals surface area (Å²) in [5.74, 6) is -0.249. The number of benzene rings is 2. The number of halogens is 1.